The number of nitrogens with zero attached hydrogens (tertiary/aromatic N) is 4. The van der Waals surface area contributed by atoms with Gasteiger partial charge in [0, 0.05) is 50.3 Å². The highest BCUT2D eigenvalue weighted by Gasteiger charge is 2.38. The first kappa shape index (κ1) is 24.7. The van der Waals surface area contributed by atoms with Crippen LogP contribution in [0.5, 0.6) is 11.8 Å². The lowest BCUT2D eigenvalue weighted by atomic mass is 9.97. The van der Waals surface area contributed by atoms with E-state index in [0.717, 1.165) is 75.8 Å². The van der Waals surface area contributed by atoms with E-state index in [1.165, 1.54) is 0 Å². The third-order valence-corrected chi connectivity index (χ3v) is 8.23. The molecule has 5 aromatic rings. The molecule has 2 bridgehead atoms. The number of phenolic OH excluding ortho intramolecular Hbond substituents is 1. The molecule has 3 heterocycles. The lowest BCUT2D eigenvalue weighted by Crippen LogP contribution is -2.52. The maximum atomic E-state index is 10.5. The van der Waals surface area contributed by atoms with E-state index in [-0.39, 0.29) is 5.75 Å². The minimum atomic E-state index is 0.249. The Bertz CT molecular complexity index is 1700. The van der Waals surface area contributed by atoms with E-state index in [1.807, 2.05) is 44.4 Å². The number of ether oxygens (including phenoxy) is 1. The number of rotatable bonds is 6. The van der Waals surface area contributed by atoms with Crippen LogP contribution in [-0.2, 0) is 6.61 Å². The number of hydrogen-bond donors (Lipinski definition) is 2. The molecule has 7 rings (SSSR count). The normalized spacial score (nSPS) is 18.4. The van der Waals surface area contributed by atoms with Crippen molar-refractivity contribution in [1.29, 1.82) is 0 Å². The molecule has 7 nitrogen and oxygen atoms in total. The van der Waals surface area contributed by atoms with Gasteiger partial charge in [-0.25, -0.2) is 0 Å². The zero-order chi connectivity index (χ0) is 27.2. The Labute approximate surface area is 234 Å². The average molecular weight is 532 g/mol. The topological polar surface area (TPSA) is 73.8 Å². The van der Waals surface area contributed by atoms with Crippen molar-refractivity contribution in [3.8, 4) is 22.9 Å². The van der Waals surface area contributed by atoms with E-state index in [0.29, 0.717) is 24.7 Å². The van der Waals surface area contributed by atoms with Crippen LogP contribution in [0.4, 0.5) is 11.5 Å². The van der Waals surface area contributed by atoms with E-state index in [1.54, 1.807) is 6.07 Å². The van der Waals surface area contributed by atoms with Crippen molar-refractivity contribution in [3.63, 3.8) is 0 Å². The average Bonchev–Trinajstić information content (AvgIpc) is 3.22. The summed E-state index contributed by atoms with van der Waals surface area (Å²) >= 11 is 0. The molecule has 7 heteroatoms. The van der Waals surface area contributed by atoms with Gasteiger partial charge >= 0.3 is 6.01 Å². The van der Waals surface area contributed by atoms with Gasteiger partial charge in [-0.1, -0.05) is 42.5 Å². The van der Waals surface area contributed by atoms with E-state index in [4.69, 9.17) is 14.7 Å². The van der Waals surface area contributed by atoms with Gasteiger partial charge in [-0.2, -0.15) is 9.97 Å². The van der Waals surface area contributed by atoms with E-state index >= 15 is 0 Å². The monoisotopic (exact) mass is 531 g/mol. The number of nitrogens with one attached hydrogen (secondary N) is 1. The van der Waals surface area contributed by atoms with Gasteiger partial charge in [-0.3, -0.25) is 0 Å². The third kappa shape index (κ3) is 4.46. The summed E-state index contributed by atoms with van der Waals surface area (Å²) in [5.74, 6) is 1.20. The van der Waals surface area contributed by atoms with Crippen LogP contribution in [0.1, 0.15) is 18.4 Å². The lowest BCUT2D eigenvalue weighted by Gasteiger charge is -2.36. The fourth-order valence-corrected chi connectivity index (χ4v) is 6.25. The molecule has 2 saturated heterocycles. The van der Waals surface area contributed by atoms with Gasteiger partial charge in [0.25, 0.3) is 0 Å². The van der Waals surface area contributed by atoms with Gasteiger partial charge in [0.05, 0.1) is 5.52 Å². The van der Waals surface area contributed by atoms with Crippen molar-refractivity contribution in [1.82, 2.24) is 15.3 Å². The molecule has 40 heavy (non-hydrogen) atoms. The Morgan fingerprint density at radius 3 is 2.55 bits per heavy atom. The van der Waals surface area contributed by atoms with Gasteiger partial charge in [0.1, 0.15) is 18.2 Å². The maximum absolute atomic E-state index is 10.5. The van der Waals surface area contributed by atoms with E-state index in [9.17, 15) is 5.11 Å². The molecule has 2 fully saturated rings. The molecule has 2 aliphatic rings. The lowest BCUT2D eigenvalue weighted by molar-refractivity contribution is 0.282. The molecule has 2 atom stereocenters. The number of fused-ring (bicyclic) bond motifs is 4. The Balaban J connectivity index is 1.33. The van der Waals surface area contributed by atoms with Crippen molar-refractivity contribution in [2.75, 3.05) is 37.0 Å². The number of aromatic hydroxyl groups is 1. The van der Waals surface area contributed by atoms with Gasteiger partial charge in [0.15, 0.2) is 0 Å². The SMILES string of the molecule is CN(C)c1cccc(COc2nc(N3[C@@H]4CC[C@H]3CNC4)c3ccc(-c4cc(O)cc5ccccc45)cc3n2)c1. The predicted octanol–water partition coefficient (Wildman–Crippen LogP) is 5.74. The Morgan fingerprint density at radius 1 is 0.900 bits per heavy atom. The highest BCUT2D eigenvalue weighted by Crippen LogP contribution is 2.39. The Kier molecular flexibility index (Phi) is 6.16. The Hall–Kier alpha value is -4.36. The molecule has 0 unspecified atom stereocenters. The van der Waals surface area contributed by atoms with Crippen LogP contribution < -0.4 is 19.9 Å². The van der Waals surface area contributed by atoms with Crippen molar-refractivity contribution in [2.24, 2.45) is 0 Å². The molecular weight excluding hydrogens is 498 g/mol. The molecule has 2 N–H and O–H groups in total. The van der Waals surface area contributed by atoms with Crippen molar-refractivity contribution < 1.29 is 9.84 Å². The van der Waals surface area contributed by atoms with Crippen LogP contribution in [0.3, 0.4) is 0 Å². The van der Waals surface area contributed by atoms with Crippen LogP contribution in [0, 0.1) is 0 Å². The van der Waals surface area contributed by atoms with Crippen LogP contribution in [0.2, 0.25) is 0 Å². The van der Waals surface area contributed by atoms with Crippen LogP contribution in [0.25, 0.3) is 32.8 Å². The minimum Gasteiger partial charge on any atom is -0.508 e. The van der Waals surface area contributed by atoms with Gasteiger partial charge in [0.2, 0.25) is 0 Å². The standard InChI is InChI=1S/C33H33N5O2/c1-37(2)24-8-5-6-21(14-24)20-40-33-35-31-16-23(30-17-27(39)15-22-7-3-4-9-28(22)30)10-13-29(31)32(36-33)38-25-11-12-26(38)19-34-18-25/h3-10,13-17,25-26,34,39H,11-12,18-20H2,1-2H3/t25-,26+. The first-order valence-electron chi connectivity index (χ1n) is 14.0. The highest BCUT2D eigenvalue weighted by molar-refractivity contribution is 6.01. The highest BCUT2D eigenvalue weighted by atomic mass is 16.5. The largest absolute Gasteiger partial charge is 0.508 e. The van der Waals surface area contributed by atoms with E-state index < -0.39 is 0 Å². The first-order valence-corrected chi connectivity index (χ1v) is 14.0. The first-order chi connectivity index (χ1) is 19.5. The minimum absolute atomic E-state index is 0.249. The maximum Gasteiger partial charge on any atom is 0.319 e. The number of phenols is 1. The summed E-state index contributed by atoms with van der Waals surface area (Å²) < 4.78 is 6.27. The molecule has 0 saturated carbocycles. The second-order valence-electron chi connectivity index (χ2n) is 11.1. The Morgan fingerprint density at radius 2 is 1.73 bits per heavy atom. The third-order valence-electron chi connectivity index (χ3n) is 8.23. The fourth-order valence-electron chi connectivity index (χ4n) is 6.25. The zero-order valence-corrected chi connectivity index (χ0v) is 22.8. The number of anilines is 2. The molecule has 0 radical (unpaired) electrons. The van der Waals surface area contributed by atoms with Crippen LogP contribution in [-0.4, -0.2) is 54.3 Å². The molecular formula is C33H33N5O2. The second kappa shape index (κ2) is 9.99. The summed E-state index contributed by atoms with van der Waals surface area (Å²) in [6.07, 6.45) is 2.31. The summed E-state index contributed by atoms with van der Waals surface area (Å²) in [4.78, 5) is 14.5. The zero-order valence-electron chi connectivity index (χ0n) is 22.8. The van der Waals surface area contributed by atoms with Crippen LogP contribution in [0.15, 0.2) is 78.9 Å². The number of aromatic nitrogens is 2. The molecule has 202 valence electrons. The van der Waals surface area contributed by atoms with Gasteiger partial charge in [-0.15, -0.1) is 0 Å². The molecule has 0 spiro atoms. The van der Waals surface area contributed by atoms with Crippen molar-refractivity contribution >= 4 is 33.2 Å². The number of benzene rings is 4. The molecule has 0 aliphatic carbocycles. The smallest absolute Gasteiger partial charge is 0.319 e. The van der Waals surface area contributed by atoms with Gasteiger partial charge in [-0.05, 0) is 76.7 Å². The summed E-state index contributed by atoms with van der Waals surface area (Å²) in [5, 5.41) is 17.2. The number of hydrogen-bond acceptors (Lipinski definition) is 7. The summed E-state index contributed by atoms with van der Waals surface area (Å²) in [6.45, 7) is 2.31. The van der Waals surface area contributed by atoms with Gasteiger partial charge < -0.3 is 25.0 Å². The summed E-state index contributed by atoms with van der Waals surface area (Å²) in [6, 6.07) is 27.7. The van der Waals surface area contributed by atoms with E-state index in [2.05, 4.69) is 57.6 Å². The summed E-state index contributed by atoms with van der Waals surface area (Å²) in [5.41, 5.74) is 5.00. The second-order valence-corrected chi connectivity index (χ2v) is 11.1. The summed E-state index contributed by atoms with van der Waals surface area (Å²) in [7, 11) is 4.07. The quantitative estimate of drug-likeness (QED) is 0.289. The molecule has 0 amide bonds. The molecule has 2 aliphatic heterocycles. The molecule has 1 aromatic heterocycles. The van der Waals surface area contributed by atoms with Crippen molar-refractivity contribution in [3.05, 3.63) is 84.4 Å². The predicted molar refractivity (Wildman–Crippen MR) is 161 cm³/mol. The van der Waals surface area contributed by atoms with Crippen molar-refractivity contribution in [2.45, 2.75) is 31.5 Å². The molecule has 4 aromatic carbocycles. The fraction of sp³-hybridized carbons (Fsp3) is 0.273. The number of piperazine rings is 1. The van der Waals surface area contributed by atoms with Crippen LogP contribution >= 0.6 is 0 Å².